The summed E-state index contributed by atoms with van der Waals surface area (Å²) < 4.78 is 11.2. The first-order valence-corrected chi connectivity index (χ1v) is 11.3. The van der Waals surface area contributed by atoms with Crippen LogP contribution >= 0.6 is 22.9 Å². The van der Waals surface area contributed by atoms with Gasteiger partial charge < -0.3 is 9.47 Å². The molecular formula is C24H21ClN4O3S. The Bertz CT molecular complexity index is 1260. The van der Waals surface area contributed by atoms with Gasteiger partial charge in [0.1, 0.15) is 5.75 Å². The highest BCUT2D eigenvalue weighted by molar-refractivity contribution is 7.17. The highest BCUT2D eigenvalue weighted by Gasteiger charge is 2.18. The van der Waals surface area contributed by atoms with Crippen molar-refractivity contribution in [2.75, 3.05) is 19.0 Å². The molecule has 1 N–H and O–H groups in total. The molecule has 0 fully saturated rings. The van der Waals surface area contributed by atoms with Gasteiger partial charge in [0, 0.05) is 34.5 Å². The molecule has 9 heteroatoms. The number of carbonyl (C=O) groups is 1. The monoisotopic (exact) mass is 480 g/mol. The normalized spacial score (nSPS) is 10.6. The third-order valence-corrected chi connectivity index (χ3v) is 5.84. The summed E-state index contributed by atoms with van der Waals surface area (Å²) in [6.45, 7) is 2.31. The fourth-order valence-electron chi connectivity index (χ4n) is 3.22. The number of anilines is 1. The lowest BCUT2D eigenvalue weighted by Gasteiger charge is -2.13. The summed E-state index contributed by atoms with van der Waals surface area (Å²) in [4.78, 5) is 17.3. The van der Waals surface area contributed by atoms with Gasteiger partial charge in [-0.05, 0) is 48.1 Å². The van der Waals surface area contributed by atoms with E-state index in [0.717, 1.165) is 33.7 Å². The number of pyridine rings is 1. The number of benzene rings is 2. The lowest BCUT2D eigenvalue weighted by molar-refractivity contribution is 0.102. The SMILES string of the molecule is COc1ccccc1-c1cc(C)ncc1C(=O)Nc1nnc(OCCc2ccc(Cl)cc2)s1. The fraction of sp³-hybridized carbons (Fsp3) is 0.167. The van der Waals surface area contributed by atoms with Gasteiger partial charge in [-0.1, -0.05) is 47.0 Å². The number of rotatable bonds is 8. The Labute approximate surface area is 200 Å². The van der Waals surface area contributed by atoms with Crippen LogP contribution in [0.5, 0.6) is 10.9 Å². The van der Waals surface area contributed by atoms with Crippen LogP contribution in [0.3, 0.4) is 0 Å². The third kappa shape index (κ3) is 5.66. The van der Waals surface area contributed by atoms with Crippen LogP contribution in [0.1, 0.15) is 21.6 Å². The molecule has 0 aliphatic heterocycles. The van der Waals surface area contributed by atoms with Crippen molar-refractivity contribution in [2.24, 2.45) is 0 Å². The summed E-state index contributed by atoms with van der Waals surface area (Å²) in [5, 5.41) is 12.2. The van der Waals surface area contributed by atoms with Crippen molar-refractivity contribution in [2.45, 2.75) is 13.3 Å². The Morgan fingerprint density at radius 2 is 1.88 bits per heavy atom. The van der Waals surface area contributed by atoms with E-state index in [1.165, 1.54) is 0 Å². The number of carbonyl (C=O) groups excluding carboxylic acids is 1. The van der Waals surface area contributed by atoms with E-state index in [0.29, 0.717) is 39.7 Å². The zero-order valence-corrected chi connectivity index (χ0v) is 19.6. The van der Waals surface area contributed by atoms with Gasteiger partial charge in [0.05, 0.1) is 19.3 Å². The summed E-state index contributed by atoms with van der Waals surface area (Å²) in [7, 11) is 1.60. The molecule has 2 aromatic carbocycles. The predicted molar refractivity (Wildman–Crippen MR) is 129 cm³/mol. The fourth-order valence-corrected chi connectivity index (χ4v) is 3.96. The van der Waals surface area contributed by atoms with E-state index in [1.54, 1.807) is 13.3 Å². The maximum atomic E-state index is 13.1. The molecule has 0 aliphatic rings. The van der Waals surface area contributed by atoms with E-state index < -0.39 is 0 Å². The molecule has 33 heavy (non-hydrogen) atoms. The van der Waals surface area contributed by atoms with Gasteiger partial charge in [-0.2, -0.15) is 0 Å². The minimum Gasteiger partial charge on any atom is -0.496 e. The topological polar surface area (TPSA) is 86.2 Å². The van der Waals surface area contributed by atoms with Gasteiger partial charge in [-0.3, -0.25) is 15.1 Å². The number of halogens is 1. The smallest absolute Gasteiger partial charge is 0.295 e. The molecule has 0 unspecified atom stereocenters. The van der Waals surface area contributed by atoms with Crippen LogP contribution in [0.15, 0.2) is 60.8 Å². The molecule has 4 rings (SSSR count). The molecule has 4 aromatic rings. The number of amides is 1. The minimum atomic E-state index is -0.340. The molecular weight excluding hydrogens is 460 g/mol. The Balaban J connectivity index is 1.45. The van der Waals surface area contributed by atoms with Crippen LogP contribution in [0.25, 0.3) is 11.1 Å². The van der Waals surface area contributed by atoms with Crippen molar-refractivity contribution in [3.63, 3.8) is 0 Å². The van der Waals surface area contributed by atoms with E-state index in [-0.39, 0.29) is 5.91 Å². The molecule has 7 nitrogen and oxygen atoms in total. The van der Waals surface area contributed by atoms with Crippen LogP contribution < -0.4 is 14.8 Å². The van der Waals surface area contributed by atoms with Gasteiger partial charge in [0.25, 0.3) is 11.1 Å². The van der Waals surface area contributed by atoms with E-state index in [2.05, 4.69) is 20.5 Å². The maximum Gasteiger partial charge on any atom is 0.295 e. The van der Waals surface area contributed by atoms with E-state index in [9.17, 15) is 4.79 Å². The van der Waals surface area contributed by atoms with E-state index >= 15 is 0 Å². The second-order valence-corrected chi connectivity index (χ2v) is 8.50. The Hall–Kier alpha value is -3.49. The standard InChI is InChI=1S/C24H21ClN4O3S/c1-15-13-19(18-5-3-4-6-21(18)31-2)20(14-26-15)22(30)27-23-28-29-24(33-23)32-12-11-16-7-9-17(25)10-8-16/h3-10,13-14H,11-12H2,1-2H3,(H,27,28,30). The molecule has 0 atom stereocenters. The van der Waals surface area contributed by atoms with Crippen molar-refractivity contribution in [1.29, 1.82) is 0 Å². The van der Waals surface area contributed by atoms with Gasteiger partial charge >= 0.3 is 0 Å². The second kappa shape index (κ2) is 10.4. The van der Waals surface area contributed by atoms with E-state index in [1.807, 2.05) is 61.5 Å². The summed E-state index contributed by atoms with van der Waals surface area (Å²) in [5.41, 5.74) is 3.83. The molecule has 1 amide bonds. The summed E-state index contributed by atoms with van der Waals surface area (Å²) in [6, 6.07) is 17.0. The molecule has 0 bridgehead atoms. The van der Waals surface area contributed by atoms with Crippen molar-refractivity contribution >= 4 is 34.0 Å². The summed E-state index contributed by atoms with van der Waals surface area (Å²) in [5.74, 6) is 0.330. The van der Waals surface area contributed by atoms with Crippen molar-refractivity contribution in [3.05, 3.63) is 82.6 Å². The highest BCUT2D eigenvalue weighted by atomic mass is 35.5. The molecule has 0 saturated carbocycles. The van der Waals surface area contributed by atoms with E-state index in [4.69, 9.17) is 21.1 Å². The largest absolute Gasteiger partial charge is 0.496 e. The second-order valence-electron chi connectivity index (χ2n) is 7.12. The first-order valence-electron chi connectivity index (χ1n) is 10.2. The van der Waals surface area contributed by atoms with Gasteiger partial charge in [-0.25, -0.2) is 0 Å². The van der Waals surface area contributed by atoms with Gasteiger partial charge in [-0.15, -0.1) is 5.10 Å². The number of para-hydroxylation sites is 1. The van der Waals surface area contributed by atoms with Gasteiger partial charge in [0.15, 0.2) is 0 Å². The number of nitrogens with one attached hydrogen (secondary N) is 1. The number of methoxy groups -OCH3 is 1. The molecule has 0 saturated heterocycles. The average molecular weight is 481 g/mol. The van der Waals surface area contributed by atoms with Crippen LogP contribution in [0.2, 0.25) is 5.02 Å². The van der Waals surface area contributed by atoms with Gasteiger partial charge in [0.2, 0.25) is 5.13 Å². The molecule has 0 spiro atoms. The first-order chi connectivity index (χ1) is 16.0. The zero-order valence-electron chi connectivity index (χ0n) is 18.0. The average Bonchev–Trinajstić information content (AvgIpc) is 3.27. The summed E-state index contributed by atoms with van der Waals surface area (Å²) in [6.07, 6.45) is 2.26. The quantitative estimate of drug-likeness (QED) is 0.361. The van der Waals surface area contributed by atoms with Crippen molar-refractivity contribution in [1.82, 2.24) is 15.2 Å². The molecule has 0 aliphatic carbocycles. The minimum absolute atomic E-state index is 0.340. The number of aryl methyl sites for hydroxylation is 1. The predicted octanol–water partition coefficient (Wildman–Crippen LogP) is 5.44. The lowest BCUT2D eigenvalue weighted by Crippen LogP contribution is -2.14. The van der Waals surface area contributed by atoms with Crippen molar-refractivity contribution in [3.8, 4) is 22.1 Å². The summed E-state index contributed by atoms with van der Waals surface area (Å²) >= 11 is 7.07. The van der Waals surface area contributed by atoms with Crippen LogP contribution in [-0.4, -0.2) is 34.8 Å². The molecule has 2 heterocycles. The first kappa shape index (κ1) is 22.7. The number of hydrogen-bond donors (Lipinski definition) is 1. The Kier molecular flexibility index (Phi) is 7.16. The third-order valence-electron chi connectivity index (χ3n) is 4.84. The van der Waals surface area contributed by atoms with Crippen molar-refractivity contribution < 1.29 is 14.3 Å². The lowest BCUT2D eigenvalue weighted by atomic mass is 9.99. The maximum absolute atomic E-state index is 13.1. The van der Waals surface area contributed by atoms with Crippen LogP contribution in [0.4, 0.5) is 5.13 Å². The Morgan fingerprint density at radius 3 is 2.67 bits per heavy atom. The Morgan fingerprint density at radius 1 is 1.09 bits per heavy atom. The molecule has 0 radical (unpaired) electrons. The zero-order chi connectivity index (χ0) is 23.2. The number of aromatic nitrogens is 3. The van der Waals surface area contributed by atoms with Crippen LogP contribution in [-0.2, 0) is 6.42 Å². The highest BCUT2D eigenvalue weighted by Crippen LogP contribution is 2.33. The number of ether oxygens (including phenoxy) is 2. The van der Waals surface area contributed by atoms with Crippen LogP contribution in [0, 0.1) is 6.92 Å². The molecule has 168 valence electrons. The number of hydrogen-bond acceptors (Lipinski definition) is 7. The number of nitrogens with zero attached hydrogens (tertiary/aromatic N) is 3. The molecule has 2 aromatic heterocycles.